The summed E-state index contributed by atoms with van der Waals surface area (Å²) in [5, 5.41) is 2.17. The Kier molecular flexibility index (Phi) is 2.86. The van der Waals surface area contributed by atoms with Crippen molar-refractivity contribution >= 4 is 17.8 Å². The number of urea groups is 1. The van der Waals surface area contributed by atoms with E-state index in [1.165, 1.54) is 13.8 Å². The number of hydrogen-bond acceptors (Lipinski definition) is 4. The molecular formula is C12H13N3O3. The van der Waals surface area contributed by atoms with Gasteiger partial charge in [0.2, 0.25) is 11.8 Å². The lowest BCUT2D eigenvalue weighted by Gasteiger charge is -2.34. The highest BCUT2D eigenvalue weighted by Crippen LogP contribution is 2.24. The van der Waals surface area contributed by atoms with Gasteiger partial charge >= 0.3 is 6.03 Å². The van der Waals surface area contributed by atoms with Crippen molar-refractivity contribution in [1.82, 2.24) is 15.2 Å². The number of amides is 4. The van der Waals surface area contributed by atoms with E-state index in [1.807, 2.05) is 0 Å². The van der Waals surface area contributed by atoms with Crippen LogP contribution in [0.5, 0.6) is 0 Å². The molecule has 1 aliphatic rings. The van der Waals surface area contributed by atoms with E-state index in [2.05, 4.69) is 10.3 Å². The number of rotatable bonds is 2. The van der Waals surface area contributed by atoms with Crippen molar-refractivity contribution in [2.45, 2.75) is 20.4 Å². The lowest BCUT2D eigenvalue weighted by molar-refractivity contribution is -0.149. The Labute approximate surface area is 104 Å². The van der Waals surface area contributed by atoms with Gasteiger partial charge in [-0.2, -0.15) is 0 Å². The van der Waals surface area contributed by atoms with Gasteiger partial charge in [0.15, 0.2) is 0 Å². The minimum absolute atomic E-state index is 0.0578. The molecule has 1 aromatic heterocycles. The Morgan fingerprint density at radius 2 is 2.00 bits per heavy atom. The average Bonchev–Trinajstić information content (AvgIpc) is 2.34. The molecule has 0 unspecified atom stereocenters. The third kappa shape index (κ3) is 1.97. The molecule has 1 aromatic rings. The van der Waals surface area contributed by atoms with E-state index in [0.29, 0.717) is 5.69 Å². The summed E-state index contributed by atoms with van der Waals surface area (Å²) in [4.78, 5) is 40.3. The van der Waals surface area contributed by atoms with E-state index in [4.69, 9.17) is 0 Å². The average molecular weight is 247 g/mol. The lowest BCUT2D eigenvalue weighted by atomic mass is 9.89. The number of barbiturate groups is 1. The van der Waals surface area contributed by atoms with Crippen LogP contribution < -0.4 is 5.32 Å². The molecule has 0 atom stereocenters. The molecule has 0 aliphatic carbocycles. The number of pyridine rings is 1. The maximum absolute atomic E-state index is 12.1. The summed E-state index contributed by atoms with van der Waals surface area (Å²) in [5.41, 5.74) is -0.644. The van der Waals surface area contributed by atoms with Gasteiger partial charge in [-0.05, 0) is 26.0 Å². The summed E-state index contributed by atoms with van der Waals surface area (Å²) in [6.07, 6.45) is 1.58. The molecule has 18 heavy (non-hydrogen) atoms. The Morgan fingerprint density at radius 3 is 2.61 bits per heavy atom. The largest absolute Gasteiger partial charge is 0.331 e. The van der Waals surface area contributed by atoms with Gasteiger partial charge in [0, 0.05) is 6.20 Å². The summed E-state index contributed by atoms with van der Waals surface area (Å²) in [6, 6.07) is 4.53. The van der Waals surface area contributed by atoms with Crippen LogP contribution in [0.25, 0.3) is 0 Å². The Balaban J connectivity index is 2.25. The van der Waals surface area contributed by atoms with Crippen LogP contribution in [0.2, 0.25) is 0 Å². The molecule has 4 amide bonds. The normalized spacial score (nSPS) is 18.8. The van der Waals surface area contributed by atoms with Crippen molar-refractivity contribution in [3.8, 4) is 0 Å². The topological polar surface area (TPSA) is 79.4 Å². The molecule has 0 bridgehead atoms. The minimum atomic E-state index is -1.23. The Bertz CT molecular complexity index is 511. The second-order valence-corrected chi connectivity index (χ2v) is 4.60. The van der Waals surface area contributed by atoms with Gasteiger partial charge in [0.1, 0.15) is 5.41 Å². The Morgan fingerprint density at radius 1 is 1.28 bits per heavy atom. The molecule has 6 nitrogen and oxygen atoms in total. The number of carbonyl (C=O) groups excluding carboxylic acids is 3. The highest BCUT2D eigenvalue weighted by atomic mass is 16.2. The zero-order chi connectivity index (χ0) is 13.3. The van der Waals surface area contributed by atoms with Crippen LogP contribution in [0, 0.1) is 5.41 Å². The predicted molar refractivity (Wildman–Crippen MR) is 62.1 cm³/mol. The van der Waals surface area contributed by atoms with Gasteiger partial charge in [-0.25, -0.2) is 4.79 Å². The fourth-order valence-electron chi connectivity index (χ4n) is 1.64. The fourth-order valence-corrected chi connectivity index (χ4v) is 1.64. The van der Waals surface area contributed by atoms with Crippen LogP contribution in [0.15, 0.2) is 24.4 Å². The SMILES string of the molecule is CC1(C)C(=O)NC(=O)N(Cc2ccccn2)C1=O. The van der Waals surface area contributed by atoms with Crippen LogP contribution in [0.1, 0.15) is 19.5 Å². The van der Waals surface area contributed by atoms with Crippen molar-refractivity contribution in [2.75, 3.05) is 0 Å². The maximum Gasteiger partial charge on any atom is 0.331 e. The van der Waals surface area contributed by atoms with E-state index >= 15 is 0 Å². The van der Waals surface area contributed by atoms with Crippen molar-refractivity contribution in [3.05, 3.63) is 30.1 Å². The van der Waals surface area contributed by atoms with Gasteiger partial charge < -0.3 is 0 Å². The molecule has 0 radical (unpaired) electrons. The second-order valence-electron chi connectivity index (χ2n) is 4.60. The van der Waals surface area contributed by atoms with Gasteiger partial charge in [-0.3, -0.25) is 24.8 Å². The molecule has 0 aromatic carbocycles. The molecule has 2 heterocycles. The van der Waals surface area contributed by atoms with Gasteiger partial charge in [0.25, 0.3) is 0 Å². The van der Waals surface area contributed by atoms with Crippen LogP contribution in [-0.4, -0.2) is 27.7 Å². The van der Waals surface area contributed by atoms with E-state index in [9.17, 15) is 14.4 Å². The minimum Gasteiger partial charge on any atom is -0.277 e. The van der Waals surface area contributed by atoms with Crippen LogP contribution in [0.4, 0.5) is 4.79 Å². The number of imide groups is 2. The first-order valence-electron chi connectivity index (χ1n) is 5.50. The van der Waals surface area contributed by atoms with E-state index < -0.39 is 23.3 Å². The quantitative estimate of drug-likeness (QED) is 0.780. The third-order valence-corrected chi connectivity index (χ3v) is 2.86. The molecule has 0 spiro atoms. The highest BCUT2D eigenvalue weighted by Gasteiger charge is 2.46. The van der Waals surface area contributed by atoms with Crippen molar-refractivity contribution in [2.24, 2.45) is 5.41 Å². The lowest BCUT2D eigenvalue weighted by Crippen LogP contribution is -2.61. The molecule has 94 valence electrons. The Hall–Kier alpha value is -2.24. The summed E-state index contributed by atoms with van der Waals surface area (Å²) < 4.78 is 0. The predicted octanol–water partition coefficient (Wildman–Crippen LogP) is 0.686. The van der Waals surface area contributed by atoms with Gasteiger partial charge in [-0.1, -0.05) is 6.07 Å². The van der Waals surface area contributed by atoms with E-state index in [0.717, 1.165) is 4.90 Å². The molecule has 6 heteroatoms. The third-order valence-electron chi connectivity index (χ3n) is 2.86. The fraction of sp³-hybridized carbons (Fsp3) is 0.333. The monoisotopic (exact) mass is 247 g/mol. The number of aromatic nitrogens is 1. The van der Waals surface area contributed by atoms with Crippen LogP contribution in [0.3, 0.4) is 0 Å². The standard InChI is InChI=1S/C12H13N3O3/c1-12(2)9(16)14-11(18)15(10(12)17)7-8-5-3-4-6-13-8/h3-6H,7H2,1-2H3,(H,14,16,18). The van der Waals surface area contributed by atoms with Crippen molar-refractivity contribution in [3.63, 3.8) is 0 Å². The molecule has 2 rings (SSSR count). The van der Waals surface area contributed by atoms with Crippen LogP contribution in [-0.2, 0) is 16.1 Å². The zero-order valence-electron chi connectivity index (χ0n) is 10.1. The van der Waals surface area contributed by atoms with Crippen LogP contribution >= 0.6 is 0 Å². The first-order chi connectivity index (χ1) is 8.43. The highest BCUT2D eigenvalue weighted by molar-refractivity contribution is 6.18. The van der Waals surface area contributed by atoms with E-state index in [1.54, 1.807) is 24.4 Å². The van der Waals surface area contributed by atoms with Crippen molar-refractivity contribution in [1.29, 1.82) is 0 Å². The zero-order valence-corrected chi connectivity index (χ0v) is 10.1. The molecular weight excluding hydrogens is 234 g/mol. The second kappa shape index (κ2) is 4.21. The summed E-state index contributed by atoms with van der Waals surface area (Å²) in [7, 11) is 0. The number of hydrogen-bond donors (Lipinski definition) is 1. The molecule has 1 N–H and O–H groups in total. The van der Waals surface area contributed by atoms with Gasteiger partial charge in [-0.15, -0.1) is 0 Å². The number of nitrogens with zero attached hydrogens (tertiary/aromatic N) is 2. The summed E-state index contributed by atoms with van der Waals surface area (Å²) in [5.74, 6) is -1.09. The molecule has 1 aliphatic heterocycles. The summed E-state index contributed by atoms with van der Waals surface area (Å²) >= 11 is 0. The summed E-state index contributed by atoms with van der Waals surface area (Å²) in [6.45, 7) is 3.03. The van der Waals surface area contributed by atoms with Gasteiger partial charge in [0.05, 0.1) is 12.2 Å². The van der Waals surface area contributed by atoms with Crippen molar-refractivity contribution < 1.29 is 14.4 Å². The molecule has 1 saturated heterocycles. The molecule has 1 fully saturated rings. The number of carbonyl (C=O) groups is 3. The van der Waals surface area contributed by atoms with E-state index in [-0.39, 0.29) is 6.54 Å². The first-order valence-corrected chi connectivity index (χ1v) is 5.50. The maximum atomic E-state index is 12.1. The molecule has 0 saturated carbocycles. The first kappa shape index (κ1) is 12.2. The smallest absolute Gasteiger partial charge is 0.277 e. The number of nitrogens with one attached hydrogen (secondary N) is 1.